The Morgan fingerprint density at radius 3 is 2.75 bits per heavy atom. The zero-order valence-corrected chi connectivity index (χ0v) is 10.7. The maximum absolute atomic E-state index is 5.54. The van der Waals surface area contributed by atoms with Gasteiger partial charge in [-0.25, -0.2) is 0 Å². The molecule has 2 aliphatic rings. The third-order valence-electron chi connectivity index (χ3n) is 4.27. The van der Waals surface area contributed by atoms with Crippen LogP contribution in [0.4, 0.5) is 0 Å². The van der Waals surface area contributed by atoms with Crippen LogP contribution in [0.3, 0.4) is 0 Å². The van der Waals surface area contributed by atoms with Crippen LogP contribution in [0.25, 0.3) is 0 Å². The van der Waals surface area contributed by atoms with E-state index >= 15 is 0 Å². The first kappa shape index (κ1) is 12.3. The molecule has 3 heteroatoms. The van der Waals surface area contributed by atoms with E-state index < -0.39 is 0 Å². The Morgan fingerprint density at radius 2 is 2.12 bits per heavy atom. The molecule has 1 aliphatic carbocycles. The lowest BCUT2D eigenvalue weighted by atomic mass is 9.90. The summed E-state index contributed by atoms with van der Waals surface area (Å²) in [7, 11) is 1.86. The van der Waals surface area contributed by atoms with Gasteiger partial charge in [0, 0.05) is 25.7 Å². The third kappa shape index (κ3) is 2.76. The number of methoxy groups -OCH3 is 1. The number of rotatable bonds is 4. The lowest BCUT2D eigenvalue weighted by Crippen LogP contribution is -2.47. The van der Waals surface area contributed by atoms with Gasteiger partial charge in [0.1, 0.15) is 0 Å². The average molecular weight is 226 g/mol. The zero-order valence-electron chi connectivity index (χ0n) is 10.7. The van der Waals surface area contributed by atoms with Crippen molar-refractivity contribution in [3.63, 3.8) is 0 Å². The minimum absolute atomic E-state index is 0.502. The van der Waals surface area contributed by atoms with Crippen molar-refractivity contribution < 1.29 is 4.74 Å². The second kappa shape index (κ2) is 5.99. The summed E-state index contributed by atoms with van der Waals surface area (Å²) < 4.78 is 5.54. The molecule has 0 aromatic rings. The summed E-state index contributed by atoms with van der Waals surface area (Å²) in [6.45, 7) is 5.87. The van der Waals surface area contributed by atoms with Crippen molar-refractivity contribution in [1.82, 2.24) is 10.2 Å². The van der Waals surface area contributed by atoms with E-state index in [1.807, 2.05) is 7.11 Å². The molecule has 1 saturated heterocycles. The highest BCUT2D eigenvalue weighted by Gasteiger charge is 2.31. The maximum atomic E-state index is 5.54. The van der Waals surface area contributed by atoms with Crippen LogP contribution in [-0.4, -0.2) is 49.8 Å². The largest absolute Gasteiger partial charge is 0.381 e. The van der Waals surface area contributed by atoms with Crippen molar-refractivity contribution >= 4 is 0 Å². The first-order valence-electron chi connectivity index (χ1n) is 6.84. The fraction of sp³-hybridized carbons (Fsp3) is 1.00. The van der Waals surface area contributed by atoms with E-state index in [0.717, 1.165) is 12.1 Å². The van der Waals surface area contributed by atoms with E-state index in [2.05, 4.69) is 17.1 Å². The van der Waals surface area contributed by atoms with E-state index in [-0.39, 0.29) is 0 Å². The zero-order chi connectivity index (χ0) is 11.4. The van der Waals surface area contributed by atoms with Crippen LogP contribution in [0, 0.1) is 0 Å². The minimum Gasteiger partial charge on any atom is -0.381 e. The van der Waals surface area contributed by atoms with Crippen LogP contribution in [0.15, 0.2) is 0 Å². The number of nitrogens with one attached hydrogen (secondary N) is 1. The van der Waals surface area contributed by atoms with Crippen LogP contribution in [-0.2, 0) is 4.74 Å². The fourth-order valence-electron chi connectivity index (χ4n) is 3.37. The Balaban J connectivity index is 1.91. The Hall–Kier alpha value is -0.120. The van der Waals surface area contributed by atoms with Crippen molar-refractivity contribution in [3.8, 4) is 0 Å². The molecule has 2 fully saturated rings. The predicted octanol–water partition coefficient (Wildman–Crippen LogP) is 1.63. The van der Waals surface area contributed by atoms with Gasteiger partial charge in [0.2, 0.25) is 0 Å². The molecule has 0 spiro atoms. The van der Waals surface area contributed by atoms with Crippen LogP contribution in [0.2, 0.25) is 0 Å². The molecule has 1 aliphatic heterocycles. The van der Waals surface area contributed by atoms with E-state index in [1.54, 1.807) is 0 Å². The van der Waals surface area contributed by atoms with E-state index in [9.17, 15) is 0 Å². The lowest BCUT2D eigenvalue weighted by molar-refractivity contribution is 0.0185. The molecule has 1 saturated carbocycles. The molecule has 0 radical (unpaired) electrons. The van der Waals surface area contributed by atoms with Gasteiger partial charge in [0.05, 0.1) is 6.10 Å². The smallest absolute Gasteiger partial charge is 0.0586 e. The summed E-state index contributed by atoms with van der Waals surface area (Å²) >= 11 is 0. The molecule has 3 nitrogen and oxygen atoms in total. The molecule has 0 bridgehead atoms. The van der Waals surface area contributed by atoms with Crippen molar-refractivity contribution in [3.05, 3.63) is 0 Å². The number of hydrogen-bond donors (Lipinski definition) is 1. The first-order chi connectivity index (χ1) is 7.85. The Morgan fingerprint density at radius 1 is 1.25 bits per heavy atom. The number of likely N-dealkylation sites (N-methyl/N-ethyl adjacent to an activating group) is 1. The minimum atomic E-state index is 0.502. The van der Waals surface area contributed by atoms with Gasteiger partial charge >= 0.3 is 0 Å². The summed E-state index contributed by atoms with van der Waals surface area (Å²) in [5.74, 6) is 0. The Bertz CT molecular complexity index is 204. The van der Waals surface area contributed by atoms with Crippen LogP contribution in [0.5, 0.6) is 0 Å². The molecule has 16 heavy (non-hydrogen) atoms. The highest BCUT2D eigenvalue weighted by Crippen LogP contribution is 2.27. The standard InChI is InChI=1S/C13H26N2O/c1-3-15(12-7-8-14-10-12)11-5-4-6-13(9-11)16-2/h11-14H,3-10H2,1-2H3. The molecular weight excluding hydrogens is 200 g/mol. The molecule has 0 aromatic carbocycles. The van der Waals surface area contributed by atoms with Crippen molar-refractivity contribution in [2.75, 3.05) is 26.7 Å². The highest BCUT2D eigenvalue weighted by molar-refractivity contribution is 4.88. The summed E-state index contributed by atoms with van der Waals surface area (Å²) in [6.07, 6.45) is 7.02. The SMILES string of the molecule is CCN(C1CCNC1)C1CCCC(OC)C1. The molecule has 3 atom stereocenters. The molecule has 1 heterocycles. The molecule has 3 unspecified atom stereocenters. The van der Waals surface area contributed by atoms with E-state index in [4.69, 9.17) is 4.74 Å². The summed E-state index contributed by atoms with van der Waals surface area (Å²) in [4.78, 5) is 2.71. The highest BCUT2D eigenvalue weighted by atomic mass is 16.5. The molecule has 94 valence electrons. The molecule has 0 amide bonds. The van der Waals surface area contributed by atoms with Gasteiger partial charge in [0.25, 0.3) is 0 Å². The van der Waals surface area contributed by atoms with Crippen molar-refractivity contribution in [2.45, 2.75) is 57.2 Å². The average Bonchev–Trinajstić information content (AvgIpc) is 2.84. The predicted molar refractivity (Wildman–Crippen MR) is 66.7 cm³/mol. The van der Waals surface area contributed by atoms with Gasteiger partial charge in [-0.1, -0.05) is 6.92 Å². The summed E-state index contributed by atoms with van der Waals surface area (Å²) in [6, 6.07) is 1.53. The fourth-order valence-corrected chi connectivity index (χ4v) is 3.37. The summed E-state index contributed by atoms with van der Waals surface area (Å²) in [5, 5.41) is 3.48. The molecule has 1 N–H and O–H groups in total. The Labute approximate surface area is 99.5 Å². The summed E-state index contributed by atoms with van der Waals surface area (Å²) in [5.41, 5.74) is 0. The molecular formula is C13H26N2O. The molecule has 0 aromatic heterocycles. The van der Waals surface area contributed by atoms with Crippen LogP contribution < -0.4 is 5.32 Å². The molecule has 2 rings (SSSR count). The number of hydrogen-bond acceptors (Lipinski definition) is 3. The van der Waals surface area contributed by atoms with Gasteiger partial charge in [-0.15, -0.1) is 0 Å². The van der Waals surface area contributed by atoms with Crippen molar-refractivity contribution in [1.29, 1.82) is 0 Å². The van der Waals surface area contributed by atoms with Gasteiger partial charge in [0.15, 0.2) is 0 Å². The van der Waals surface area contributed by atoms with Crippen LogP contribution >= 0.6 is 0 Å². The monoisotopic (exact) mass is 226 g/mol. The first-order valence-corrected chi connectivity index (χ1v) is 6.84. The normalized spacial score (nSPS) is 35.8. The second-order valence-corrected chi connectivity index (χ2v) is 5.16. The quantitative estimate of drug-likeness (QED) is 0.788. The second-order valence-electron chi connectivity index (χ2n) is 5.16. The van der Waals surface area contributed by atoms with E-state index in [1.165, 1.54) is 51.7 Å². The van der Waals surface area contributed by atoms with Gasteiger partial charge in [-0.2, -0.15) is 0 Å². The van der Waals surface area contributed by atoms with Gasteiger partial charge in [-0.3, -0.25) is 4.90 Å². The third-order valence-corrected chi connectivity index (χ3v) is 4.27. The lowest BCUT2D eigenvalue weighted by Gasteiger charge is -2.39. The van der Waals surface area contributed by atoms with Crippen LogP contribution in [0.1, 0.15) is 39.0 Å². The maximum Gasteiger partial charge on any atom is 0.0586 e. The van der Waals surface area contributed by atoms with Gasteiger partial charge < -0.3 is 10.1 Å². The van der Waals surface area contributed by atoms with Gasteiger partial charge in [-0.05, 0) is 45.2 Å². The topological polar surface area (TPSA) is 24.5 Å². The number of nitrogens with zero attached hydrogens (tertiary/aromatic N) is 1. The van der Waals surface area contributed by atoms with Crippen molar-refractivity contribution in [2.24, 2.45) is 0 Å². The number of ether oxygens (including phenoxy) is 1. The Kier molecular flexibility index (Phi) is 4.62. The van der Waals surface area contributed by atoms with E-state index in [0.29, 0.717) is 6.10 Å².